The number of hydrogen-bond acceptors (Lipinski definition) is 5. The third-order valence-electron chi connectivity index (χ3n) is 3.27. The summed E-state index contributed by atoms with van der Waals surface area (Å²) in [7, 11) is 0. The summed E-state index contributed by atoms with van der Waals surface area (Å²) in [5.41, 5.74) is 10.3. The van der Waals surface area contributed by atoms with Gasteiger partial charge < -0.3 is 26.5 Å². The molecule has 0 aromatic heterocycles. The minimum Gasteiger partial charge on any atom is -0.548 e. The van der Waals surface area contributed by atoms with E-state index in [1.807, 2.05) is 0 Å². The summed E-state index contributed by atoms with van der Waals surface area (Å²) in [6.45, 7) is 2.78. The quantitative estimate of drug-likeness (QED) is 0.274. The summed E-state index contributed by atoms with van der Waals surface area (Å²) in [6.07, 6.45) is 10.7. The monoisotopic (exact) mass is 340 g/mol. The molecule has 5 N–H and O–H groups in total. The Bertz CT molecular complexity index is 279. The summed E-state index contributed by atoms with van der Waals surface area (Å²) in [5.74, 6) is -1.85. The van der Waals surface area contributed by atoms with Crippen molar-refractivity contribution in [1.82, 2.24) is 0 Å². The van der Waals surface area contributed by atoms with E-state index in [-0.39, 0.29) is 29.6 Å². The maximum atomic E-state index is 10.1. The maximum Gasteiger partial charge on any atom is 1.00 e. The molecule has 0 aliphatic rings. The first-order valence-electron chi connectivity index (χ1n) is 8.34. The van der Waals surface area contributed by atoms with Gasteiger partial charge in [-0.05, 0) is 25.8 Å². The Labute approximate surface area is 162 Å². The molecule has 0 unspecified atom stereocenters. The van der Waals surface area contributed by atoms with Gasteiger partial charge >= 0.3 is 35.5 Å². The minimum atomic E-state index is -1.18. The first-order valence-corrected chi connectivity index (χ1v) is 8.34. The fourth-order valence-electron chi connectivity index (χ4n) is 1.86. The van der Waals surface area contributed by atoms with Gasteiger partial charge in [-0.2, -0.15) is 0 Å². The van der Waals surface area contributed by atoms with Crippen molar-refractivity contribution in [1.29, 1.82) is 0 Å². The number of carbonyl (C=O) groups excluding carboxylic acids is 1. The van der Waals surface area contributed by atoms with Crippen molar-refractivity contribution in [2.24, 2.45) is 11.5 Å². The second kappa shape index (κ2) is 21.9. The molecule has 0 rings (SSSR count). The van der Waals surface area contributed by atoms with Crippen LogP contribution in [0, 0.1) is 0 Å². The SMILES string of the molecule is CCCCCCCCCC(=O)O.NCCCC[C@H](N)C(=O)[O-].[Na+]. The second-order valence-electron chi connectivity index (χ2n) is 5.48. The number of carbonyl (C=O) groups is 2. The number of aliphatic carboxylic acids is 2. The van der Waals surface area contributed by atoms with Crippen LogP contribution in [0.4, 0.5) is 0 Å². The van der Waals surface area contributed by atoms with E-state index in [2.05, 4.69) is 6.92 Å². The van der Waals surface area contributed by atoms with Gasteiger partial charge in [-0.1, -0.05) is 51.9 Å². The van der Waals surface area contributed by atoms with E-state index in [0.717, 1.165) is 25.7 Å². The number of unbranched alkanes of at least 4 members (excludes halogenated alkanes) is 7. The zero-order valence-corrected chi connectivity index (χ0v) is 16.9. The molecular weight excluding hydrogens is 307 g/mol. The molecule has 7 heteroatoms. The van der Waals surface area contributed by atoms with Crippen LogP contribution in [0.15, 0.2) is 0 Å². The molecule has 0 aromatic carbocycles. The zero-order chi connectivity index (χ0) is 17.2. The molecule has 0 bridgehead atoms. The van der Waals surface area contributed by atoms with Crippen molar-refractivity contribution in [3.63, 3.8) is 0 Å². The number of rotatable bonds is 13. The Hall–Kier alpha value is -0.140. The topological polar surface area (TPSA) is 129 Å². The Morgan fingerprint density at radius 3 is 1.96 bits per heavy atom. The van der Waals surface area contributed by atoms with Crippen molar-refractivity contribution < 1.29 is 49.4 Å². The average Bonchev–Trinajstić information content (AvgIpc) is 2.46. The van der Waals surface area contributed by atoms with Gasteiger partial charge in [-0.15, -0.1) is 0 Å². The van der Waals surface area contributed by atoms with Crippen LogP contribution in [0.25, 0.3) is 0 Å². The van der Waals surface area contributed by atoms with Crippen molar-refractivity contribution >= 4 is 11.9 Å². The molecule has 0 aromatic rings. The van der Waals surface area contributed by atoms with Crippen molar-refractivity contribution in [3.8, 4) is 0 Å². The van der Waals surface area contributed by atoms with Crippen molar-refractivity contribution in [3.05, 3.63) is 0 Å². The van der Waals surface area contributed by atoms with E-state index < -0.39 is 18.0 Å². The van der Waals surface area contributed by atoms with Crippen LogP contribution in [-0.2, 0) is 9.59 Å². The van der Waals surface area contributed by atoms with Gasteiger partial charge in [0.1, 0.15) is 0 Å². The predicted molar refractivity (Wildman–Crippen MR) is 86.1 cm³/mol. The molecule has 0 saturated heterocycles. The molecule has 1 atom stereocenters. The summed E-state index contributed by atoms with van der Waals surface area (Å²) >= 11 is 0. The Morgan fingerprint density at radius 2 is 1.52 bits per heavy atom. The molecule has 0 radical (unpaired) electrons. The van der Waals surface area contributed by atoms with Crippen LogP contribution in [0.5, 0.6) is 0 Å². The summed E-state index contributed by atoms with van der Waals surface area (Å²) in [5, 5.41) is 18.4. The zero-order valence-electron chi connectivity index (χ0n) is 14.9. The average molecular weight is 340 g/mol. The normalized spacial score (nSPS) is 10.9. The second-order valence-corrected chi connectivity index (χ2v) is 5.48. The van der Waals surface area contributed by atoms with Gasteiger partial charge in [-0.3, -0.25) is 4.79 Å². The van der Waals surface area contributed by atoms with E-state index in [1.54, 1.807) is 0 Å². The summed E-state index contributed by atoms with van der Waals surface area (Å²) in [4.78, 5) is 20.2. The van der Waals surface area contributed by atoms with Gasteiger partial charge in [-0.25, -0.2) is 0 Å². The standard InChI is InChI=1S/C10H20O2.C6H14N2O2.Na/c1-2-3-4-5-6-7-8-9-10(11)12;7-4-2-1-3-5(8)6(9)10;/h2-9H2,1H3,(H,11,12);5H,1-4,7-8H2,(H,9,10);/q;;+1/p-1/t;5-;/m.0./s1. The fourth-order valence-corrected chi connectivity index (χ4v) is 1.86. The molecule has 0 aliphatic carbocycles. The van der Waals surface area contributed by atoms with Gasteiger partial charge in [0, 0.05) is 12.5 Å². The van der Waals surface area contributed by atoms with E-state index in [4.69, 9.17) is 16.6 Å². The van der Waals surface area contributed by atoms with Crippen LogP contribution < -0.4 is 46.1 Å². The molecule has 0 spiro atoms. The number of carboxylic acids is 2. The first-order chi connectivity index (χ1) is 10.5. The molecule has 23 heavy (non-hydrogen) atoms. The third kappa shape index (κ3) is 27.0. The molecule has 132 valence electrons. The first kappa shape index (κ1) is 27.7. The molecular formula is C16H33N2NaO4. The summed E-state index contributed by atoms with van der Waals surface area (Å²) < 4.78 is 0. The smallest absolute Gasteiger partial charge is 0.548 e. The third-order valence-corrected chi connectivity index (χ3v) is 3.27. The Morgan fingerprint density at radius 1 is 1.00 bits per heavy atom. The summed E-state index contributed by atoms with van der Waals surface area (Å²) in [6, 6.07) is -0.827. The Balaban J connectivity index is -0.000000338. The molecule has 0 heterocycles. The van der Waals surface area contributed by atoms with E-state index in [0.29, 0.717) is 19.4 Å². The molecule has 0 saturated carbocycles. The number of carboxylic acid groups (broad SMARTS) is 2. The van der Waals surface area contributed by atoms with Gasteiger partial charge in [0.2, 0.25) is 0 Å². The van der Waals surface area contributed by atoms with Gasteiger partial charge in [0.25, 0.3) is 0 Å². The van der Waals surface area contributed by atoms with E-state index in [9.17, 15) is 14.7 Å². The van der Waals surface area contributed by atoms with Crippen LogP contribution in [-0.4, -0.2) is 29.6 Å². The Kier molecular flexibility index (Phi) is 26.3. The molecule has 0 fully saturated rings. The number of nitrogens with two attached hydrogens (primary N) is 2. The van der Waals surface area contributed by atoms with Crippen LogP contribution >= 0.6 is 0 Å². The largest absolute Gasteiger partial charge is 1.00 e. The predicted octanol–water partition coefficient (Wildman–Crippen LogP) is -1.59. The van der Waals surface area contributed by atoms with Crippen LogP contribution in [0.1, 0.15) is 77.6 Å². The molecule has 0 amide bonds. The molecule has 6 nitrogen and oxygen atoms in total. The van der Waals surface area contributed by atoms with Gasteiger partial charge in [0.15, 0.2) is 0 Å². The fraction of sp³-hybridized carbons (Fsp3) is 0.875. The van der Waals surface area contributed by atoms with Gasteiger partial charge in [0.05, 0.1) is 5.97 Å². The maximum absolute atomic E-state index is 10.1. The number of hydrogen-bond donors (Lipinski definition) is 3. The van der Waals surface area contributed by atoms with Crippen molar-refractivity contribution in [2.45, 2.75) is 83.6 Å². The minimum absolute atomic E-state index is 0. The van der Waals surface area contributed by atoms with E-state index in [1.165, 1.54) is 32.1 Å². The van der Waals surface area contributed by atoms with Crippen LogP contribution in [0.2, 0.25) is 0 Å². The van der Waals surface area contributed by atoms with Crippen LogP contribution in [0.3, 0.4) is 0 Å². The van der Waals surface area contributed by atoms with E-state index >= 15 is 0 Å². The molecule has 0 aliphatic heterocycles. The van der Waals surface area contributed by atoms with Crippen molar-refractivity contribution in [2.75, 3.05) is 6.54 Å².